The van der Waals surface area contributed by atoms with Gasteiger partial charge in [-0.15, -0.1) is 0 Å². The van der Waals surface area contributed by atoms with Crippen LogP contribution in [-0.2, 0) is 11.3 Å². The average Bonchev–Trinajstić information content (AvgIpc) is 3.11. The molecule has 0 bridgehead atoms. The van der Waals surface area contributed by atoms with Crippen molar-refractivity contribution in [2.24, 2.45) is 5.92 Å². The summed E-state index contributed by atoms with van der Waals surface area (Å²) in [6.07, 6.45) is 5.08. The second kappa shape index (κ2) is 7.25. The molecule has 0 saturated carbocycles. The minimum Gasteiger partial charge on any atom is -0.354 e. The minimum atomic E-state index is 0.0881. The molecule has 0 aromatic carbocycles. The monoisotopic (exact) mass is 330 g/mol. The minimum absolute atomic E-state index is 0.0881. The number of carbonyl (C=O) groups excluding carboxylic acids is 1. The number of fused-ring (bicyclic) bond motifs is 1. The Hall–Kier alpha value is -2.02. The molecule has 0 spiro atoms. The van der Waals surface area contributed by atoms with Gasteiger partial charge < -0.3 is 10.2 Å². The summed E-state index contributed by atoms with van der Waals surface area (Å²) in [6, 6.07) is 0. The number of nitrogens with one attached hydrogen (secondary N) is 1. The van der Waals surface area contributed by atoms with Crippen LogP contribution in [0, 0.1) is 5.92 Å². The SMILES string of the molecule is CC(C)CC(=O)NCCn1nc([C@@H]2CCN(C)C2)c2nccnc21. The van der Waals surface area contributed by atoms with E-state index in [1.165, 1.54) is 0 Å². The van der Waals surface area contributed by atoms with Crippen LogP contribution < -0.4 is 5.32 Å². The summed E-state index contributed by atoms with van der Waals surface area (Å²) < 4.78 is 1.88. The molecule has 1 aliphatic rings. The maximum Gasteiger partial charge on any atom is 0.220 e. The van der Waals surface area contributed by atoms with Gasteiger partial charge in [0.1, 0.15) is 5.52 Å². The molecule has 1 saturated heterocycles. The van der Waals surface area contributed by atoms with Crippen molar-refractivity contribution in [1.82, 2.24) is 30.0 Å². The molecule has 1 N–H and O–H groups in total. The van der Waals surface area contributed by atoms with E-state index >= 15 is 0 Å². The molecule has 1 amide bonds. The van der Waals surface area contributed by atoms with Crippen molar-refractivity contribution >= 4 is 17.1 Å². The number of hydrogen-bond acceptors (Lipinski definition) is 5. The van der Waals surface area contributed by atoms with Gasteiger partial charge >= 0.3 is 0 Å². The quantitative estimate of drug-likeness (QED) is 0.866. The van der Waals surface area contributed by atoms with Gasteiger partial charge in [-0.05, 0) is 25.9 Å². The van der Waals surface area contributed by atoms with Gasteiger partial charge in [0.2, 0.25) is 5.91 Å². The van der Waals surface area contributed by atoms with Gasteiger partial charge in [-0.1, -0.05) is 13.8 Å². The van der Waals surface area contributed by atoms with E-state index in [2.05, 4.69) is 27.2 Å². The second-order valence-corrected chi connectivity index (χ2v) is 7.03. The predicted molar refractivity (Wildman–Crippen MR) is 92.6 cm³/mol. The maximum atomic E-state index is 11.8. The Bertz CT molecular complexity index is 710. The number of rotatable bonds is 6. The largest absolute Gasteiger partial charge is 0.354 e. The zero-order chi connectivity index (χ0) is 17.1. The third-order valence-electron chi connectivity index (χ3n) is 4.41. The van der Waals surface area contributed by atoms with Crippen molar-refractivity contribution in [3.8, 4) is 0 Å². The van der Waals surface area contributed by atoms with Crippen LogP contribution in [0.1, 0.15) is 38.3 Å². The average molecular weight is 330 g/mol. The highest BCUT2D eigenvalue weighted by Crippen LogP contribution is 2.29. The Morgan fingerprint density at radius 1 is 1.38 bits per heavy atom. The van der Waals surface area contributed by atoms with Crippen molar-refractivity contribution in [3.63, 3.8) is 0 Å². The lowest BCUT2D eigenvalue weighted by molar-refractivity contribution is -0.121. The highest BCUT2D eigenvalue weighted by atomic mass is 16.1. The zero-order valence-electron chi connectivity index (χ0n) is 14.7. The lowest BCUT2D eigenvalue weighted by Gasteiger charge is -2.08. The highest BCUT2D eigenvalue weighted by molar-refractivity contribution is 5.76. The van der Waals surface area contributed by atoms with E-state index in [9.17, 15) is 4.79 Å². The van der Waals surface area contributed by atoms with Gasteiger partial charge in [0, 0.05) is 37.8 Å². The van der Waals surface area contributed by atoms with E-state index in [4.69, 9.17) is 5.10 Å². The van der Waals surface area contributed by atoms with Crippen molar-refractivity contribution in [1.29, 1.82) is 0 Å². The van der Waals surface area contributed by atoms with Crippen LogP contribution in [0.5, 0.6) is 0 Å². The summed E-state index contributed by atoms with van der Waals surface area (Å²) in [7, 11) is 2.13. The Balaban J connectivity index is 1.73. The fourth-order valence-corrected chi connectivity index (χ4v) is 3.26. The van der Waals surface area contributed by atoms with E-state index in [-0.39, 0.29) is 5.91 Å². The van der Waals surface area contributed by atoms with Crippen LogP contribution in [0.2, 0.25) is 0 Å². The smallest absolute Gasteiger partial charge is 0.220 e. The second-order valence-electron chi connectivity index (χ2n) is 7.03. The molecule has 2 aromatic heterocycles. The van der Waals surface area contributed by atoms with Crippen LogP contribution in [0.15, 0.2) is 12.4 Å². The molecule has 3 heterocycles. The molecular formula is C17H26N6O. The summed E-state index contributed by atoms with van der Waals surface area (Å²) in [5, 5.41) is 7.73. The fraction of sp³-hybridized carbons (Fsp3) is 0.647. The first-order valence-electron chi connectivity index (χ1n) is 8.67. The van der Waals surface area contributed by atoms with E-state index in [1.54, 1.807) is 12.4 Å². The summed E-state index contributed by atoms with van der Waals surface area (Å²) in [4.78, 5) is 23.1. The molecule has 1 fully saturated rings. The maximum absolute atomic E-state index is 11.8. The van der Waals surface area contributed by atoms with E-state index in [0.29, 0.717) is 31.3 Å². The third kappa shape index (κ3) is 3.72. The molecule has 130 valence electrons. The number of aromatic nitrogens is 4. The van der Waals surface area contributed by atoms with Crippen molar-refractivity contribution < 1.29 is 4.79 Å². The van der Waals surface area contributed by atoms with Crippen LogP contribution in [-0.4, -0.2) is 57.2 Å². The Kier molecular flexibility index (Phi) is 5.08. The molecule has 7 nitrogen and oxygen atoms in total. The topological polar surface area (TPSA) is 75.9 Å². The molecule has 7 heteroatoms. The lowest BCUT2D eigenvalue weighted by Crippen LogP contribution is -2.28. The van der Waals surface area contributed by atoms with E-state index in [0.717, 1.165) is 36.4 Å². The summed E-state index contributed by atoms with van der Waals surface area (Å²) in [6.45, 7) is 7.35. The predicted octanol–water partition coefficient (Wildman–Crippen LogP) is 1.41. The first-order chi connectivity index (χ1) is 11.5. The molecule has 24 heavy (non-hydrogen) atoms. The first-order valence-corrected chi connectivity index (χ1v) is 8.67. The molecule has 2 aromatic rings. The Morgan fingerprint density at radius 3 is 2.88 bits per heavy atom. The van der Waals surface area contributed by atoms with Crippen LogP contribution in [0.25, 0.3) is 11.2 Å². The summed E-state index contributed by atoms with van der Waals surface area (Å²) >= 11 is 0. The Morgan fingerprint density at radius 2 is 2.17 bits per heavy atom. The van der Waals surface area contributed by atoms with E-state index in [1.807, 2.05) is 18.5 Å². The van der Waals surface area contributed by atoms with Crippen LogP contribution in [0.4, 0.5) is 0 Å². The first kappa shape index (κ1) is 16.8. The summed E-state index contributed by atoms with van der Waals surface area (Å²) in [5.74, 6) is 0.864. The van der Waals surface area contributed by atoms with Gasteiger partial charge in [-0.2, -0.15) is 5.10 Å². The van der Waals surface area contributed by atoms with Gasteiger partial charge in [-0.25, -0.2) is 14.6 Å². The van der Waals surface area contributed by atoms with Gasteiger partial charge in [-0.3, -0.25) is 4.79 Å². The van der Waals surface area contributed by atoms with Gasteiger partial charge in [0.25, 0.3) is 0 Å². The summed E-state index contributed by atoms with van der Waals surface area (Å²) in [5.41, 5.74) is 2.74. The van der Waals surface area contributed by atoms with E-state index < -0.39 is 0 Å². The number of likely N-dealkylation sites (N-methyl/N-ethyl adjacent to an activating group) is 1. The Labute approximate surface area is 142 Å². The molecule has 0 unspecified atom stereocenters. The number of carbonyl (C=O) groups is 1. The van der Waals surface area contributed by atoms with Crippen LogP contribution in [0.3, 0.4) is 0 Å². The molecule has 0 aliphatic carbocycles. The van der Waals surface area contributed by atoms with Crippen molar-refractivity contribution in [2.45, 2.75) is 39.2 Å². The van der Waals surface area contributed by atoms with Crippen molar-refractivity contribution in [2.75, 3.05) is 26.7 Å². The number of hydrogen-bond donors (Lipinski definition) is 1. The molecular weight excluding hydrogens is 304 g/mol. The number of amides is 1. The highest BCUT2D eigenvalue weighted by Gasteiger charge is 2.27. The van der Waals surface area contributed by atoms with Crippen molar-refractivity contribution in [3.05, 3.63) is 18.1 Å². The third-order valence-corrected chi connectivity index (χ3v) is 4.41. The van der Waals surface area contributed by atoms with Crippen LogP contribution >= 0.6 is 0 Å². The normalized spacial score (nSPS) is 18.6. The van der Waals surface area contributed by atoms with Gasteiger partial charge in [0.15, 0.2) is 5.65 Å². The number of nitrogens with zero attached hydrogens (tertiary/aromatic N) is 5. The lowest BCUT2D eigenvalue weighted by atomic mass is 10.0. The molecule has 1 atom stereocenters. The zero-order valence-corrected chi connectivity index (χ0v) is 14.7. The number of likely N-dealkylation sites (tertiary alicyclic amines) is 1. The molecule has 1 aliphatic heterocycles. The standard InChI is InChI=1S/C17H26N6O/c1-12(2)10-14(24)18-7-9-23-17-16(19-5-6-20-17)15(21-23)13-4-8-22(3)11-13/h5-6,12-13H,4,7-11H2,1-3H3,(H,18,24)/t13-/m1/s1. The fourth-order valence-electron chi connectivity index (χ4n) is 3.26. The molecule has 0 radical (unpaired) electrons. The molecule has 3 rings (SSSR count). The van der Waals surface area contributed by atoms with Gasteiger partial charge in [0.05, 0.1) is 12.2 Å².